The van der Waals surface area contributed by atoms with Crippen LogP contribution in [0.2, 0.25) is 0 Å². The van der Waals surface area contributed by atoms with Crippen molar-refractivity contribution in [2.45, 2.75) is 63.6 Å². The number of aryl methyl sites for hydroxylation is 1. The number of hydrogen-bond donors (Lipinski definition) is 2. The van der Waals surface area contributed by atoms with Crippen LogP contribution in [0.1, 0.15) is 50.3 Å². The van der Waals surface area contributed by atoms with Crippen LogP contribution in [-0.4, -0.2) is 54.7 Å². The predicted molar refractivity (Wildman–Crippen MR) is 119 cm³/mol. The van der Waals surface area contributed by atoms with Gasteiger partial charge in [-0.05, 0) is 57.6 Å². The van der Waals surface area contributed by atoms with Crippen molar-refractivity contribution in [3.8, 4) is 0 Å². The number of aliphatic hydroxyl groups is 1. The van der Waals surface area contributed by atoms with Crippen LogP contribution in [0.5, 0.6) is 0 Å². The molecule has 1 aliphatic carbocycles. The lowest BCUT2D eigenvalue weighted by atomic mass is 10.0. The van der Waals surface area contributed by atoms with Crippen molar-refractivity contribution in [3.05, 3.63) is 46.6 Å². The fourth-order valence-electron chi connectivity index (χ4n) is 4.92. The molecule has 4 heterocycles. The summed E-state index contributed by atoms with van der Waals surface area (Å²) in [6.45, 7) is 3.60. The first-order valence-corrected chi connectivity index (χ1v) is 11.2. The van der Waals surface area contributed by atoms with Crippen LogP contribution in [0.3, 0.4) is 0 Å². The van der Waals surface area contributed by atoms with Crippen molar-refractivity contribution < 1.29 is 5.11 Å². The zero-order valence-corrected chi connectivity index (χ0v) is 17.8. The van der Waals surface area contributed by atoms with Gasteiger partial charge in [-0.2, -0.15) is 10.2 Å². The lowest BCUT2D eigenvalue weighted by Gasteiger charge is -2.37. The molecular formula is C22H29N7O2. The Bertz CT molecular complexity index is 1120. The van der Waals surface area contributed by atoms with E-state index in [1.807, 2.05) is 29.8 Å². The zero-order valence-electron chi connectivity index (χ0n) is 17.8. The van der Waals surface area contributed by atoms with Gasteiger partial charge in [-0.15, -0.1) is 0 Å². The third kappa shape index (κ3) is 3.89. The summed E-state index contributed by atoms with van der Waals surface area (Å²) in [6.07, 6.45) is 8.86. The lowest BCUT2D eigenvalue weighted by molar-refractivity contribution is 0.127. The second-order valence-electron chi connectivity index (χ2n) is 8.66. The van der Waals surface area contributed by atoms with Crippen molar-refractivity contribution in [1.82, 2.24) is 24.4 Å². The van der Waals surface area contributed by atoms with E-state index in [-0.39, 0.29) is 17.6 Å². The van der Waals surface area contributed by atoms with E-state index in [1.54, 1.807) is 12.3 Å². The van der Waals surface area contributed by atoms with E-state index in [1.165, 1.54) is 4.68 Å². The zero-order chi connectivity index (χ0) is 21.4. The summed E-state index contributed by atoms with van der Waals surface area (Å²) in [6, 6.07) is 5.45. The summed E-state index contributed by atoms with van der Waals surface area (Å²) in [5.41, 5.74) is 1.77. The van der Waals surface area contributed by atoms with Crippen LogP contribution in [0.4, 0.5) is 11.6 Å². The lowest BCUT2D eigenvalue weighted by Crippen LogP contribution is -2.45. The van der Waals surface area contributed by atoms with Crippen molar-refractivity contribution >= 4 is 17.2 Å². The molecule has 1 aliphatic heterocycles. The van der Waals surface area contributed by atoms with Crippen molar-refractivity contribution in [2.75, 3.05) is 23.3 Å². The maximum Gasteiger partial charge on any atom is 0.267 e. The molecule has 1 saturated heterocycles. The maximum atomic E-state index is 12.4. The van der Waals surface area contributed by atoms with Crippen molar-refractivity contribution in [3.63, 3.8) is 0 Å². The molecule has 3 aromatic heterocycles. The molecule has 1 saturated carbocycles. The van der Waals surface area contributed by atoms with E-state index >= 15 is 0 Å². The second-order valence-corrected chi connectivity index (χ2v) is 8.66. The molecule has 0 bridgehead atoms. The summed E-state index contributed by atoms with van der Waals surface area (Å²) in [5.74, 6) is 1.62. The molecule has 2 aliphatic rings. The van der Waals surface area contributed by atoms with E-state index in [2.05, 4.69) is 20.3 Å². The molecule has 164 valence electrons. The number of piperidine rings is 1. The standard InChI is InChI=1S/C22H29N7O2/c1-15-13-18-22(23-10-12-28(18)25-15)24-14-16-5-2-3-11-27(16)20-8-9-21(31)29(26-20)17-6-4-7-19(17)30/h8-10,12-13,16-17,19,30H,2-7,11,14H2,1H3,(H,23,24). The Balaban J connectivity index is 1.38. The molecule has 2 fully saturated rings. The summed E-state index contributed by atoms with van der Waals surface area (Å²) in [4.78, 5) is 19.2. The van der Waals surface area contributed by atoms with Crippen LogP contribution in [-0.2, 0) is 0 Å². The summed E-state index contributed by atoms with van der Waals surface area (Å²) >= 11 is 0. The molecule has 3 unspecified atom stereocenters. The quantitative estimate of drug-likeness (QED) is 0.648. The summed E-state index contributed by atoms with van der Waals surface area (Å²) < 4.78 is 3.34. The molecule has 2 N–H and O–H groups in total. The number of anilines is 2. The van der Waals surface area contributed by atoms with Gasteiger partial charge in [0.15, 0.2) is 5.82 Å². The van der Waals surface area contributed by atoms with Crippen molar-refractivity contribution in [1.29, 1.82) is 0 Å². The van der Waals surface area contributed by atoms with E-state index in [0.29, 0.717) is 0 Å². The predicted octanol–water partition coefficient (Wildman–Crippen LogP) is 2.15. The highest BCUT2D eigenvalue weighted by Gasteiger charge is 2.30. The number of fused-ring (bicyclic) bond motifs is 1. The molecule has 0 spiro atoms. The van der Waals surface area contributed by atoms with E-state index < -0.39 is 6.10 Å². The largest absolute Gasteiger partial charge is 0.391 e. The minimum Gasteiger partial charge on any atom is -0.391 e. The van der Waals surface area contributed by atoms with Gasteiger partial charge >= 0.3 is 0 Å². The van der Waals surface area contributed by atoms with Gasteiger partial charge in [0.25, 0.3) is 5.56 Å². The van der Waals surface area contributed by atoms with Gasteiger partial charge < -0.3 is 15.3 Å². The first-order valence-electron chi connectivity index (χ1n) is 11.2. The first-order chi connectivity index (χ1) is 15.1. The minimum atomic E-state index is -0.495. The SMILES string of the molecule is Cc1cc2c(NCC3CCCCN3c3ccc(=O)n(C4CCCC4O)n3)nccn2n1. The third-order valence-corrected chi connectivity index (χ3v) is 6.51. The number of nitrogens with zero attached hydrogens (tertiary/aromatic N) is 6. The van der Waals surface area contributed by atoms with Gasteiger partial charge in [-0.3, -0.25) is 4.79 Å². The number of aromatic nitrogens is 5. The van der Waals surface area contributed by atoms with Crippen molar-refractivity contribution in [2.24, 2.45) is 0 Å². The van der Waals surface area contributed by atoms with Gasteiger partial charge in [0.05, 0.1) is 17.8 Å². The smallest absolute Gasteiger partial charge is 0.267 e. The Morgan fingerprint density at radius 3 is 2.90 bits per heavy atom. The fraction of sp³-hybridized carbons (Fsp3) is 0.545. The number of rotatable bonds is 5. The van der Waals surface area contributed by atoms with Crippen LogP contribution in [0.25, 0.3) is 5.52 Å². The second kappa shape index (κ2) is 8.30. The third-order valence-electron chi connectivity index (χ3n) is 6.51. The maximum absolute atomic E-state index is 12.4. The van der Waals surface area contributed by atoms with Gasteiger partial charge in [0.1, 0.15) is 11.3 Å². The fourth-order valence-corrected chi connectivity index (χ4v) is 4.92. The highest BCUT2D eigenvalue weighted by Crippen LogP contribution is 2.29. The highest BCUT2D eigenvalue weighted by molar-refractivity contribution is 5.67. The molecule has 0 amide bonds. The topological polar surface area (TPSA) is 101 Å². The number of hydrogen-bond acceptors (Lipinski definition) is 7. The molecule has 3 aromatic rings. The van der Waals surface area contributed by atoms with E-state index in [0.717, 1.165) is 74.5 Å². The molecule has 3 atom stereocenters. The summed E-state index contributed by atoms with van der Waals surface area (Å²) in [5, 5.41) is 22.9. The Morgan fingerprint density at radius 2 is 2.06 bits per heavy atom. The summed E-state index contributed by atoms with van der Waals surface area (Å²) in [7, 11) is 0. The number of nitrogens with one attached hydrogen (secondary N) is 1. The first kappa shape index (κ1) is 20.0. The molecule has 9 nitrogen and oxygen atoms in total. The molecule has 0 radical (unpaired) electrons. The molecule has 9 heteroatoms. The van der Waals surface area contributed by atoms with Crippen LogP contribution in [0, 0.1) is 6.92 Å². The Labute approximate surface area is 180 Å². The van der Waals surface area contributed by atoms with Crippen LogP contribution in [0.15, 0.2) is 35.4 Å². The minimum absolute atomic E-state index is 0.145. The van der Waals surface area contributed by atoms with Gasteiger partial charge in [0, 0.05) is 37.6 Å². The Kier molecular flexibility index (Phi) is 5.35. The normalized spacial score (nSPS) is 24.1. The molecule has 0 aromatic carbocycles. The monoisotopic (exact) mass is 423 g/mol. The molecule has 5 rings (SSSR count). The van der Waals surface area contributed by atoms with Crippen LogP contribution < -0.4 is 15.8 Å². The molecular weight excluding hydrogens is 394 g/mol. The molecule has 31 heavy (non-hydrogen) atoms. The van der Waals surface area contributed by atoms with Gasteiger partial charge in [0.2, 0.25) is 0 Å². The highest BCUT2D eigenvalue weighted by atomic mass is 16.3. The van der Waals surface area contributed by atoms with E-state index in [4.69, 9.17) is 5.10 Å². The Morgan fingerprint density at radius 1 is 1.16 bits per heavy atom. The Hall–Kier alpha value is -2.94. The number of aliphatic hydroxyl groups excluding tert-OH is 1. The van der Waals surface area contributed by atoms with E-state index in [9.17, 15) is 9.90 Å². The van der Waals surface area contributed by atoms with Crippen LogP contribution >= 0.6 is 0 Å². The van der Waals surface area contributed by atoms with Gasteiger partial charge in [-0.25, -0.2) is 14.2 Å². The van der Waals surface area contributed by atoms with Gasteiger partial charge in [-0.1, -0.05) is 0 Å². The average Bonchev–Trinajstić information content (AvgIpc) is 3.37. The average molecular weight is 424 g/mol.